The van der Waals surface area contributed by atoms with Crippen molar-refractivity contribution in [2.75, 3.05) is 43.1 Å². The Bertz CT molecular complexity index is 1540. The second-order valence-electron chi connectivity index (χ2n) is 10.1. The Labute approximate surface area is 222 Å². The first-order chi connectivity index (χ1) is 18.8. The zero-order chi connectivity index (χ0) is 27.3. The first-order valence-corrected chi connectivity index (χ1v) is 12.9. The van der Waals surface area contributed by atoms with Crippen LogP contribution in [0.25, 0.3) is 16.7 Å². The summed E-state index contributed by atoms with van der Waals surface area (Å²) in [4.78, 5) is 30.4. The second kappa shape index (κ2) is 9.99. The number of ether oxygens (including phenoxy) is 1. The predicted octanol–water partition coefficient (Wildman–Crippen LogP) is 4.21. The number of amides is 1. The lowest BCUT2D eigenvalue weighted by Crippen LogP contribution is -2.57. The minimum atomic E-state index is -2.91. The van der Waals surface area contributed by atoms with E-state index in [1.807, 2.05) is 11.0 Å². The fourth-order valence-corrected chi connectivity index (χ4v) is 5.30. The minimum Gasteiger partial charge on any atom is -0.380 e. The molecule has 39 heavy (non-hydrogen) atoms. The number of halogens is 3. The van der Waals surface area contributed by atoms with E-state index in [4.69, 9.17) is 9.72 Å². The molecule has 0 radical (unpaired) electrons. The number of hydrogen-bond donors (Lipinski definition) is 1. The van der Waals surface area contributed by atoms with Gasteiger partial charge >= 0.3 is 0 Å². The molecule has 1 amide bonds. The standard InChI is InChI=1S/C27H28F3N7O2/c1-15-12-35(26(38)17-13-39-14-17)8-9-36(15)22-10-20-21(11-32-22)37-7-6-31-27(37)34-25(20)33-16(2)18-4-3-5-19(23(18)28)24(29)30/h3-7,10-11,15-17,24H,8-9,12-14H2,1-2H3,(H,31,33,34). The monoisotopic (exact) mass is 539 g/mol. The maximum Gasteiger partial charge on any atom is 0.266 e. The number of aromatic nitrogens is 4. The van der Waals surface area contributed by atoms with Crippen molar-refractivity contribution < 1.29 is 22.7 Å². The molecular weight excluding hydrogens is 511 g/mol. The van der Waals surface area contributed by atoms with Gasteiger partial charge in [0.15, 0.2) is 0 Å². The summed E-state index contributed by atoms with van der Waals surface area (Å²) in [5.74, 6) is 0.734. The summed E-state index contributed by atoms with van der Waals surface area (Å²) in [6.07, 6.45) is 2.23. The second-order valence-corrected chi connectivity index (χ2v) is 10.1. The first kappa shape index (κ1) is 25.4. The number of fused-ring (bicyclic) bond motifs is 3. The average molecular weight is 540 g/mol. The summed E-state index contributed by atoms with van der Waals surface area (Å²) in [5.41, 5.74) is 0.223. The lowest BCUT2D eigenvalue weighted by molar-refractivity contribution is -0.150. The number of pyridine rings is 1. The van der Waals surface area contributed by atoms with Gasteiger partial charge in [0.2, 0.25) is 11.7 Å². The molecule has 0 aliphatic carbocycles. The summed E-state index contributed by atoms with van der Waals surface area (Å²) >= 11 is 0. The molecule has 1 aromatic carbocycles. The molecule has 0 spiro atoms. The van der Waals surface area contributed by atoms with E-state index in [0.29, 0.717) is 44.4 Å². The number of piperazine rings is 1. The van der Waals surface area contributed by atoms with Gasteiger partial charge in [-0.1, -0.05) is 18.2 Å². The number of rotatable bonds is 6. The smallest absolute Gasteiger partial charge is 0.266 e. The van der Waals surface area contributed by atoms with Gasteiger partial charge in [-0.25, -0.2) is 23.1 Å². The van der Waals surface area contributed by atoms with Gasteiger partial charge in [-0.15, -0.1) is 0 Å². The number of anilines is 2. The number of carbonyl (C=O) groups is 1. The number of alkyl halides is 2. The fraction of sp³-hybridized carbons (Fsp3) is 0.407. The van der Waals surface area contributed by atoms with Crippen LogP contribution in [0.15, 0.2) is 42.9 Å². The van der Waals surface area contributed by atoms with Crippen LogP contribution in [-0.4, -0.2) is 69.0 Å². The lowest BCUT2D eigenvalue weighted by Gasteiger charge is -2.42. The number of nitrogens with zero attached hydrogens (tertiary/aromatic N) is 6. The molecule has 2 aliphatic heterocycles. The van der Waals surface area contributed by atoms with E-state index in [0.717, 1.165) is 22.8 Å². The summed E-state index contributed by atoms with van der Waals surface area (Å²) in [6.45, 7) is 6.50. The van der Waals surface area contributed by atoms with Crippen molar-refractivity contribution >= 4 is 34.2 Å². The molecular formula is C27H28F3N7O2. The van der Waals surface area contributed by atoms with Crippen molar-refractivity contribution in [3.05, 3.63) is 59.8 Å². The molecule has 12 heteroatoms. The Morgan fingerprint density at radius 2 is 1.97 bits per heavy atom. The van der Waals surface area contributed by atoms with Crippen molar-refractivity contribution in [1.82, 2.24) is 24.3 Å². The molecule has 4 aromatic rings. The summed E-state index contributed by atoms with van der Waals surface area (Å²) in [5, 5.41) is 3.94. The van der Waals surface area contributed by atoms with Crippen molar-refractivity contribution in [2.24, 2.45) is 5.92 Å². The van der Waals surface area contributed by atoms with Gasteiger partial charge in [0.25, 0.3) is 6.43 Å². The van der Waals surface area contributed by atoms with Crippen molar-refractivity contribution in [3.63, 3.8) is 0 Å². The van der Waals surface area contributed by atoms with Gasteiger partial charge in [-0.05, 0) is 19.9 Å². The van der Waals surface area contributed by atoms with E-state index >= 15 is 0 Å². The minimum absolute atomic E-state index is 0.0279. The third-order valence-electron chi connectivity index (χ3n) is 7.55. The highest BCUT2D eigenvalue weighted by atomic mass is 19.3. The largest absolute Gasteiger partial charge is 0.380 e. The molecule has 2 atom stereocenters. The van der Waals surface area contributed by atoms with Crippen LogP contribution in [0, 0.1) is 11.7 Å². The zero-order valence-electron chi connectivity index (χ0n) is 21.5. The van der Waals surface area contributed by atoms with E-state index in [-0.39, 0.29) is 23.4 Å². The van der Waals surface area contributed by atoms with Gasteiger partial charge in [-0.3, -0.25) is 9.20 Å². The van der Waals surface area contributed by atoms with Crippen LogP contribution < -0.4 is 10.2 Å². The van der Waals surface area contributed by atoms with Crippen molar-refractivity contribution in [3.8, 4) is 0 Å². The third-order valence-corrected chi connectivity index (χ3v) is 7.55. The molecule has 0 bridgehead atoms. The third kappa shape index (κ3) is 4.52. The van der Waals surface area contributed by atoms with Crippen LogP contribution in [0.5, 0.6) is 0 Å². The van der Waals surface area contributed by atoms with Crippen molar-refractivity contribution in [2.45, 2.75) is 32.4 Å². The van der Waals surface area contributed by atoms with E-state index in [2.05, 4.69) is 27.1 Å². The Morgan fingerprint density at radius 1 is 1.18 bits per heavy atom. The number of carbonyl (C=O) groups excluding carboxylic acids is 1. The Kier molecular flexibility index (Phi) is 6.49. The molecule has 9 nitrogen and oxygen atoms in total. The van der Waals surface area contributed by atoms with Crippen LogP contribution in [0.4, 0.5) is 24.8 Å². The van der Waals surface area contributed by atoms with Crippen LogP contribution in [0.2, 0.25) is 0 Å². The first-order valence-electron chi connectivity index (χ1n) is 12.9. The van der Waals surface area contributed by atoms with Gasteiger partial charge in [0.1, 0.15) is 17.5 Å². The summed E-state index contributed by atoms with van der Waals surface area (Å²) in [7, 11) is 0. The van der Waals surface area contributed by atoms with Crippen LogP contribution in [-0.2, 0) is 9.53 Å². The van der Waals surface area contributed by atoms with Gasteiger partial charge in [0, 0.05) is 49.0 Å². The summed E-state index contributed by atoms with van der Waals surface area (Å²) < 4.78 is 48.5. The van der Waals surface area contributed by atoms with Gasteiger partial charge in [0.05, 0.1) is 42.5 Å². The predicted molar refractivity (Wildman–Crippen MR) is 139 cm³/mol. The Balaban J connectivity index is 1.32. The van der Waals surface area contributed by atoms with Crippen LogP contribution >= 0.6 is 0 Å². The molecule has 1 N–H and O–H groups in total. The maximum atomic E-state index is 14.9. The fourth-order valence-electron chi connectivity index (χ4n) is 5.30. The molecule has 2 fully saturated rings. The normalized spacial score (nSPS) is 19.1. The molecule has 5 heterocycles. The molecule has 2 aliphatic rings. The molecule has 2 unspecified atom stereocenters. The molecule has 3 aromatic heterocycles. The zero-order valence-corrected chi connectivity index (χ0v) is 21.5. The lowest BCUT2D eigenvalue weighted by atomic mass is 10.0. The number of benzene rings is 1. The van der Waals surface area contributed by atoms with E-state index in [1.54, 1.807) is 29.9 Å². The number of imidazole rings is 1. The SMILES string of the molecule is CC(Nc1nc2nccn2c2cnc(N3CCN(C(=O)C4COC4)CC3C)cc12)c1cccc(C(F)F)c1F. The van der Waals surface area contributed by atoms with Gasteiger partial charge < -0.3 is 19.9 Å². The van der Waals surface area contributed by atoms with Gasteiger partial charge in [-0.2, -0.15) is 4.98 Å². The quantitative estimate of drug-likeness (QED) is 0.393. The summed E-state index contributed by atoms with van der Waals surface area (Å²) in [6, 6.07) is 5.29. The van der Waals surface area contributed by atoms with E-state index in [9.17, 15) is 18.0 Å². The highest BCUT2D eigenvalue weighted by molar-refractivity contribution is 5.92. The Hall–Kier alpha value is -3.93. The van der Waals surface area contributed by atoms with Crippen molar-refractivity contribution in [1.29, 1.82) is 0 Å². The Morgan fingerprint density at radius 3 is 2.69 bits per heavy atom. The molecule has 0 saturated carbocycles. The van der Waals surface area contributed by atoms with E-state index < -0.39 is 23.8 Å². The number of nitrogens with one attached hydrogen (secondary N) is 1. The molecule has 2 saturated heterocycles. The average Bonchev–Trinajstić information content (AvgIpc) is 3.36. The molecule has 204 valence electrons. The molecule has 6 rings (SSSR count). The topological polar surface area (TPSA) is 87.9 Å². The number of hydrogen-bond acceptors (Lipinski definition) is 7. The maximum absolute atomic E-state index is 14.9. The van der Waals surface area contributed by atoms with Crippen LogP contribution in [0.3, 0.4) is 0 Å². The van der Waals surface area contributed by atoms with Crippen LogP contribution in [0.1, 0.15) is 37.4 Å². The highest BCUT2D eigenvalue weighted by Gasteiger charge is 2.34. The highest BCUT2D eigenvalue weighted by Crippen LogP contribution is 2.32. The van der Waals surface area contributed by atoms with E-state index in [1.165, 1.54) is 12.1 Å².